The lowest BCUT2D eigenvalue weighted by Crippen LogP contribution is -2.40. The molecule has 0 radical (unpaired) electrons. The van der Waals surface area contributed by atoms with Crippen molar-refractivity contribution in [3.05, 3.63) is 70.3 Å². The normalized spacial score (nSPS) is 18.7. The van der Waals surface area contributed by atoms with E-state index in [9.17, 15) is 36.7 Å². The van der Waals surface area contributed by atoms with Gasteiger partial charge in [-0.2, -0.15) is 22.6 Å². The first-order valence-electron chi connectivity index (χ1n) is 15.3. The number of methoxy groups -OCH3 is 1. The molecule has 1 unspecified atom stereocenters. The summed E-state index contributed by atoms with van der Waals surface area (Å²) in [6.07, 6.45) is 2.18. The average Bonchev–Trinajstić information content (AvgIpc) is 3.58. The Labute approximate surface area is 270 Å². The number of halogens is 3. The summed E-state index contributed by atoms with van der Waals surface area (Å²) in [6.45, 7) is 2.41. The number of aliphatic hydroxyl groups excluding tert-OH is 1. The van der Waals surface area contributed by atoms with Crippen molar-refractivity contribution in [3.8, 4) is 11.3 Å². The monoisotopic (exact) mass is 678 g/mol. The summed E-state index contributed by atoms with van der Waals surface area (Å²) >= 11 is 0. The van der Waals surface area contributed by atoms with Crippen LogP contribution < -0.4 is 0 Å². The molecule has 1 fully saturated rings. The molecule has 1 atom stereocenters. The maximum absolute atomic E-state index is 13.2. The topological polar surface area (TPSA) is 133 Å². The Balaban J connectivity index is 1.16. The number of aliphatic hydroxyl groups is 1. The number of nitrogens with zero attached hydrogens (tertiary/aromatic N) is 6. The molecule has 3 aliphatic rings. The third kappa shape index (κ3) is 6.83. The number of β-amino-alcohol motifs (C(OH)–C–C–N with tert-alkyl or cyclic N) is 1. The number of piperidine rings is 1. The Morgan fingerprint density at radius 1 is 1.09 bits per heavy atom. The molecule has 16 heteroatoms. The highest BCUT2D eigenvalue weighted by atomic mass is 32.2. The molecule has 2 aromatic heterocycles. The number of carbonyl (C=O) groups excluding carboxylic acids is 1. The zero-order valence-corrected chi connectivity index (χ0v) is 26.8. The van der Waals surface area contributed by atoms with Gasteiger partial charge in [-0.1, -0.05) is 12.1 Å². The van der Waals surface area contributed by atoms with Gasteiger partial charge < -0.3 is 14.7 Å². The van der Waals surface area contributed by atoms with Gasteiger partial charge in [0.05, 0.1) is 49.5 Å². The molecule has 3 aromatic rings. The number of sulfonamides is 1. The van der Waals surface area contributed by atoms with Crippen molar-refractivity contribution in [1.29, 1.82) is 0 Å². The van der Waals surface area contributed by atoms with Gasteiger partial charge in [0.25, 0.3) is 0 Å². The average molecular weight is 679 g/mol. The third-order valence-electron chi connectivity index (χ3n) is 9.21. The number of ether oxygens (including phenoxy) is 1. The van der Waals surface area contributed by atoms with Gasteiger partial charge in [-0.25, -0.2) is 13.2 Å². The van der Waals surface area contributed by atoms with Crippen molar-refractivity contribution in [2.45, 2.75) is 57.1 Å². The van der Waals surface area contributed by atoms with Crippen molar-refractivity contribution in [2.75, 3.05) is 39.5 Å². The van der Waals surface area contributed by atoms with E-state index in [1.54, 1.807) is 17.0 Å². The second-order valence-corrected chi connectivity index (χ2v) is 14.3. The standard InChI is InChI=1S/C31H37F3N6O6S/c1-46-30(42)39-19-24(25-17-37(43)13-9-27(25)39)20-7-11-36(12-8-20)15-23(41)16-40-28-10-14-38(47(2,44)45)18-26(28)29(35-40)21-3-5-22(6-4-21)31(32,33)34/h3-6,9,13,19-20,23,41,43H,7-8,10-12,14-18H2,1-2H3. The maximum Gasteiger partial charge on any atom is 0.418 e. The lowest BCUT2D eigenvalue weighted by Gasteiger charge is -2.34. The minimum absolute atomic E-state index is 0.0410. The van der Waals surface area contributed by atoms with Gasteiger partial charge in [0.15, 0.2) is 0 Å². The number of carbonyl (C=O) groups is 1. The molecule has 6 rings (SSSR count). The molecule has 0 aliphatic carbocycles. The molecule has 254 valence electrons. The van der Waals surface area contributed by atoms with Crippen LogP contribution in [0.1, 0.15) is 52.4 Å². The Hall–Kier alpha value is -3.70. The predicted octanol–water partition coefficient (Wildman–Crippen LogP) is 3.72. The molecule has 1 saturated heterocycles. The number of hydroxylamine groups is 2. The smallest absolute Gasteiger partial charge is 0.418 e. The van der Waals surface area contributed by atoms with Gasteiger partial charge in [0.2, 0.25) is 10.0 Å². The summed E-state index contributed by atoms with van der Waals surface area (Å²) in [4.78, 5) is 14.5. The molecule has 1 aromatic carbocycles. The molecule has 12 nitrogen and oxygen atoms in total. The van der Waals surface area contributed by atoms with Gasteiger partial charge in [0, 0.05) is 60.8 Å². The predicted molar refractivity (Wildman–Crippen MR) is 165 cm³/mol. The highest BCUT2D eigenvalue weighted by Gasteiger charge is 2.34. The fourth-order valence-electron chi connectivity index (χ4n) is 6.84. The van der Waals surface area contributed by atoms with E-state index in [0.717, 1.165) is 53.1 Å². The third-order valence-corrected chi connectivity index (χ3v) is 10.5. The molecule has 5 heterocycles. The van der Waals surface area contributed by atoms with Crippen LogP contribution in [0.5, 0.6) is 0 Å². The summed E-state index contributed by atoms with van der Waals surface area (Å²) in [6, 6.07) is 4.63. The molecule has 0 bridgehead atoms. The highest BCUT2D eigenvalue weighted by Crippen LogP contribution is 2.37. The van der Waals surface area contributed by atoms with Crippen LogP contribution >= 0.6 is 0 Å². The van der Waals surface area contributed by atoms with Crippen molar-refractivity contribution in [3.63, 3.8) is 0 Å². The highest BCUT2D eigenvalue weighted by molar-refractivity contribution is 7.88. The van der Waals surface area contributed by atoms with Crippen LogP contribution in [0.4, 0.5) is 18.0 Å². The first-order chi connectivity index (χ1) is 22.2. The van der Waals surface area contributed by atoms with Gasteiger partial charge in [-0.3, -0.25) is 19.5 Å². The first-order valence-corrected chi connectivity index (χ1v) is 17.2. The summed E-state index contributed by atoms with van der Waals surface area (Å²) in [7, 11) is -2.19. The Kier molecular flexibility index (Phi) is 8.99. The minimum atomic E-state index is -4.49. The Morgan fingerprint density at radius 3 is 2.43 bits per heavy atom. The summed E-state index contributed by atoms with van der Waals surface area (Å²) < 4.78 is 73.6. The van der Waals surface area contributed by atoms with E-state index >= 15 is 0 Å². The van der Waals surface area contributed by atoms with Gasteiger partial charge in [-0.05, 0) is 55.6 Å². The maximum atomic E-state index is 13.2. The number of aromatic nitrogens is 3. The summed E-state index contributed by atoms with van der Waals surface area (Å²) in [5.41, 5.74) is 3.96. The molecule has 0 saturated carbocycles. The zero-order valence-electron chi connectivity index (χ0n) is 26.0. The zero-order chi connectivity index (χ0) is 33.7. The number of benzene rings is 1. The van der Waals surface area contributed by atoms with Crippen LogP contribution in [0.3, 0.4) is 0 Å². The van der Waals surface area contributed by atoms with E-state index in [1.807, 2.05) is 0 Å². The molecular weight excluding hydrogens is 641 g/mol. The Morgan fingerprint density at radius 2 is 1.79 bits per heavy atom. The molecular formula is C31H37F3N6O6S. The fraction of sp³-hybridized carbons (Fsp3) is 0.484. The van der Waals surface area contributed by atoms with E-state index < -0.39 is 34.0 Å². The van der Waals surface area contributed by atoms with Crippen LogP contribution in [-0.2, 0) is 47.0 Å². The van der Waals surface area contributed by atoms with E-state index in [1.165, 1.54) is 34.3 Å². The number of fused-ring (bicyclic) bond motifs is 2. The largest absolute Gasteiger partial charge is 0.452 e. The minimum Gasteiger partial charge on any atom is -0.452 e. The number of alkyl halides is 3. The van der Waals surface area contributed by atoms with Crippen LogP contribution in [0.2, 0.25) is 0 Å². The fourth-order valence-corrected chi connectivity index (χ4v) is 7.62. The number of hydrogen-bond acceptors (Lipinski definition) is 9. The van der Waals surface area contributed by atoms with Gasteiger partial charge in [-0.15, -0.1) is 0 Å². The number of hydrogen-bond donors (Lipinski definition) is 2. The van der Waals surface area contributed by atoms with E-state index in [2.05, 4.69) is 4.90 Å². The van der Waals surface area contributed by atoms with Crippen LogP contribution in [-0.4, -0.2) is 99.1 Å². The second kappa shape index (κ2) is 12.7. The van der Waals surface area contributed by atoms with Crippen molar-refractivity contribution < 1.29 is 41.4 Å². The number of rotatable bonds is 7. The van der Waals surface area contributed by atoms with E-state index in [0.29, 0.717) is 48.6 Å². The summed E-state index contributed by atoms with van der Waals surface area (Å²) in [5.74, 6) is 0.144. The van der Waals surface area contributed by atoms with E-state index in [-0.39, 0.29) is 32.1 Å². The van der Waals surface area contributed by atoms with Crippen molar-refractivity contribution in [2.24, 2.45) is 0 Å². The molecule has 0 amide bonds. The number of likely N-dealkylation sites (tertiary alicyclic amines) is 1. The SMILES string of the molecule is COC(=O)n1cc(C2CCN(CC(O)Cn3nc(-c4ccc(C(F)(F)F)cc4)c4c3CCN(S(C)(=O)=O)C4)CC2)c2c1C=CN(O)C2. The molecule has 47 heavy (non-hydrogen) atoms. The van der Waals surface area contributed by atoms with Crippen molar-refractivity contribution >= 4 is 22.2 Å². The quantitative estimate of drug-likeness (QED) is 0.384. The van der Waals surface area contributed by atoms with E-state index in [4.69, 9.17) is 9.84 Å². The summed E-state index contributed by atoms with van der Waals surface area (Å²) in [5, 5.41) is 27.0. The van der Waals surface area contributed by atoms with Crippen LogP contribution in [0, 0.1) is 0 Å². The molecule has 2 N–H and O–H groups in total. The van der Waals surface area contributed by atoms with Gasteiger partial charge in [0.1, 0.15) is 0 Å². The lowest BCUT2D eigenvalue weighted by atomic mass is 9.87. The van der Waals surface area contributed by atoms with Crippen LogP contribution in [0.25, 0.3) is 17.3 Å². The first kappa shape index (κ1) is 33.2. The second-order valence-electron chi connectivity index (χ2n) is 12.3. The van der Waals surface area contributed by atoms with Crippen LogP contribution in [0.15, 0.2) is 36.7 Å². The molecule has 0 spiro atoms. The molecule has 3 aliphatic heterocycles. The van der Waals surface area contributed by atoms with Crippen molar-refractivity contribution in [1.82, 2.24) is 28.6 Å². The lowest BCUT2D eigenvalue weighted by molar-refractivity contribution is -0.137. The van der Waals surface area contributed by atoms with Gasteiger partial charge >= 0.3 is 12.3 Å². The Bertz CT molecular complexity index is 1780.